The number of fused-ring (bicyclic) bond motifs is 5. The van der Waals surface area contributed by atoms with E-state index in [0.717, 1.165) is 6.42 Å². The maximum absolute atomic E-state index is 2.49. The maximum atomic E-state index is 2.49. The Bertz CT molecular complexity index is 1380. The minimum atomic E-state index is 1.05. The summed E-state index contributed by atoms with van der Waals surface area (Å²) in [5, 5.41) is 0. The molecule has 0 heterocycles. The molecular formula is C31H27N. The van der Waals surface area contributed by atoms with Crippen molar-refractivity contribution in [3.05, 3.63) is 106 Å². The van der Waals surface area contributed by atoms with E-state index in [2.05, 4.69) is 84.7 Å². The third kappa shape index (κ3) is 2.64. The molecule has 1 heteroatoms. The minimum Gasteiger partial charge on any atom is -0.344 e. The molecule has 0 fully saturated rings. The fraction of sp³-hybridized carbons (Fsp3) is 0.226. The molecule has 156 valence electrons. The second-order valence-corrected chi connectivity index (χ2v) is 9.68. The molecule has 0 atom stereocenters. The van der Waals surface area contributed by atoms with Crippen molar-refractivity contribution in [1.82, 2.24) is 0 Å². The molecule has 3 aliphatic carbocycles. The standard InChI is InChI=1S/C31H27N/c1-32(27-8-3-2-4-9-27)31-28(24-13-10-20-6-5-7-21(20)16-24)15-14-25-18-26-17-22-11-12-23(22)19-29(26)30(25)31/h2-4,8-10,13-17,19H,5-7,11-12,18H2,1H3. The Balaban J connectivity index is 1.48. The van der Waals surface area contributed by atoms with Gasteiger partial charge in [0.25, 0.3) is 0 Å². The molecule has 4 aromatic rings. The van der Waals surface area contributed by atoms with Crippen LogP contribution in [0.15, 0.2) is 72.8 Å². The fourth-order valence-electron chi connectivity index (χ4n) is 6.06. The lowest BCUT2D eigenvalue weighted by molar-refractivity contribution is 0.837. The smallest absolute Gasteiger partial charge is 0.0570 e. The lowest BCUT2D eigenvalue weighted by Crippen LogP contribution is -2.13. The molecule has 0 saturated carbocycles. The molecule has 0 radical (unpaired) electrons. The Morgan fingerprint density at radius 3 is 2.19 bits per heavy atom. The lowest BCUT2D eigenvalue weighted by Gasteiger charge is -2.27. The first kappa shape index (κ1) is 18.3. The van der Waals surface area contributed by atoms with E-state index in [9.17, 15) is 0 Å². The van der Waals surface area contributed by atoms with Crippen LogP contribution < -0.4 is 4.90 Å². The molecule has 0 aliphatic heterocycles. The number of anilines is 2. The van der Waals surface area contributed by atoms with E-state index in [1.54, 1.807) is 11.1 Å². The highest BCUT2D eigenvalue weighted by Gasteiger charge is 2.29. The van der Waals surface area contributed by atoms with Gasteiger partial charge < -0.3 is 4.90 Å². The normalized spacial score (nSPS) is 14.9. The summed E-state index contributed by atoms with van der Waals surface area (Å²) in [6.07, 6.45) is 7.26. The van der Waals surface area contributed by atoms with Gasteiger partial charge in [0.2, 0.25) is 0 Å². The van der Waals surface area contributed by atoms with Crippen LogP contribution in [0.3, 0.4) is 0 Å². The van der Waals surface area contributed by atoms with E-state index in [0.29, 0.717) is 0 Å². The number of benzene rings is 4. The molecule has 0 aromatic heterocycles. The minimum absolute atomic E-state index is 1.05. The monoisotopic (exact) mass is 413 g/mol. The Kier molecular flexibility index (Phi) is 3.90. The molecular weight excluding hydrogens is 386 g/mol. The number of para-hydroxylation sites is 1. The molecule has 32 heavy (non-hydrogen) atoms. The van der Waals surface area contributed by atoms with Gasteiger partial charge in [0, 0.05) is 23.9 Å². The largest absolute Gasteiger partial charge is 0.344 e. The van der Waals surface area contributed by atoms with Crippen LogP contribution in [0.4, 0.5) is 11.4 Å². The van der Waals surface area contributed by atoms with Gasteiger partial charge in [-0.2, -0.15) is 0 Å². The number of nitrogens with zero attached hydrogens (tertiary/aromatic N) is 1. The van der Waals surface area contributed by atoms with Gasteiger partial charge in [0.1, 0.15) is 0 Å². The Labute approximate surface area is 190 Å². The van der Waals surface area contributed by atoms with Crippen molar-refractivity contribution in [2.24, 2.45) is 0 Å². The molecule has 0 unspecified atom stereocenters. The van der Waals surface area contributed by atoms with Crippen LogP contribution in [-0.4, -0.2) is 7.05 Å². The average Bonchev–Trinajstić information content (AvgIpc) is 3.43. The number of hydrogen-bond acceptors (Lipinski definition) is 1. The van der Waals surface area contributed by atoms with E-state index in [4.69, 9.17) is 0 Å². The van der Waals surface area contributed by atoms with Gasteiger partial charge >= 0.3 is 0 Å². The highest BCUT2D eigenvalue weighted by atomic mass is 15.1. The average molecular weight is 414 g/mol. The summed E-state index contributed by atoms with van der Waals surface area (Å²) in [4.78, 5) is 2.41. The Morgan fingerprint density at radius 2 is 1.34 bits per heavy atom. The highest BCUT2D eigenvalue weighted by Crippen LogP contribution is 2.50. The summed E-state index contributed by atoms with van der Waals surface area (Å²) < 4.78 is 0. The van der Waals surface area contributed by atoms with Crippen LogP contribution in [0.5, 0.6) is 0 Å². The molecule has 0 spiro atoms. The molecule has 0 bridgehead atoms. The van der Waals surface area contributed by atoms with Crippen molar-refractivity contribution < 1.29 is 0 Å². The van der Waals surface area contributed by atoms with Crippen molar-refractivity contribution in [2.45, 2.75) is 38.5 Å². The van der Waals surface area contributed by atoms with Crippen LogP contribution >= 0.6 is 0 Å². The van der Waals surface area contributed by atoms with Gasteiger partial charge in [-0.1, -0.05) is 60.7 Å². The summed E-state index contributed by atoms with van der Waals surface area (Å²) in [7, 11) is 2.24. The van der Waals surface area contributed by atoms with Crippen molar-refractivity contribution in [3.8, 4) is 22.3 Å². The summed E-state index contributed by atoms with van der Waals surface area (Å²) in [5.74, 6) is 0. The molecule has 3 aliphatic rings. The zero-order chi connectivity index (χ0) is 21.2. The third-order valence-corrected chi connectivity index (χ3v) is 7.89. The van der Waals surface area contributed by atoms with Crippen LogP contribution in [0.25, 0.3) is 22.3 Å². The van der Waals surface area contributed by atoms with Crippen molar-refractivity contribution in [1.29, 1.82) is 0 Å². The third-order valence-electron chi connectivity index (χ3n) is 7.89. The zero-order valence-corrected chi connectivity index (χ0v) is 18.6. The number of rotatable bonds is 3. The predicted molar refractivity (Wildman–Crippen MR) is 134 cm³/mol. The van der Waals surface area contributed by atoms with Gasteiger partial charge in [-0.25, -0.2) is 0 Å². The molecule has 0 saturated heterocycles. The fourth-order valence-corrected chi connectivity index (χ4v) is 6.06. The SMILES string of the molecule is CN(c1ccccc1)c1c(-c2ccc3c(c2)CCC3)ccc2c1-c1cc3c(cc1C2)CC3. The first-order valence-electron chi connectivity index (χ1n) is 12.0. The summed E-state index contributed by atoms with van der Waals surface area (Å²) in [6.45, 7) is 0. The second-order valence-electron chi connectivity index (χ2n) is 9.68. The zero-order valence-electron chi connectivity index (χ0n) is 18.6. The van der Waals surface area contributed by atoms with Crippen LogP contribution in [0, 0.1) is 0 Å². The van der Waals surface area contributed by atoms with Crippen molar-refractivity contribution in [3.63, 3.8) is 0 Å². The van der Waals surface area contributed by atoms with E-state index in [1.165, 1.54) is 88.0 Å². The van der Waals surface area contributed by atoms with Gasteiger partial charge in [-0.15, -0.1) is 0 Å². The summed E-state index contributed by atoms with van der Waals surface area (Å²) in [5.41, 5.74) is 17.4. The van der Waals surface area contributed by atoms with Crippen LogP contribution in [-0.2, 0) is 32.1 Å². The van der Waals surface area contributed by atoms with E-state index >= 15 is 0 Å². The molecule has 4 aromatic carbocycles. The summed E-state index contributed by atoms with van der Waals surface area (Å²) in [6, 6.07) is 27.7. The first-order chi connectivity index (χ1) is 15.8. The van der Waals surface area contributed by atoms with Gasteiger partial charge in [-0.05, 0) is 95.2 Å². The van der Waals surface area contributed by atoms with Crippen LogP contribution in [0.2, 0.25) is 0 Å². The lowest BCUT2D eigenvalue weighted by atomic mass is 9.84. The second kappa shape index (κ2) is 6.84. The molecule has 1 nitrogen and oxygen atoms in total. The van der Waals surface area contributed by atoms with E-state index in [-0.39, 0.29) is 0 Å². The molecule has 0 N–H and O–H groups in total. The van der Waals surface area contributed by atoms with Gasteiger partial charge in [-0.3, -0.25) is 0 Å². The molecule has 0 amide bonds. The van der Waals surface area contributed by atoms with Crippen molar-refractivity contribution in [2.75, 3.05) is 11.9 Å². The Morgan fingerprint density at radius 1 is 0.594 bits per heavy atom. The van der Waals surface area contributed by atoms with E-state index < -0.39 is 0 Å². The quantitative estimate of drug-likeness (QED) is 0.300. The maximum Gasteiger partial charge on any atom is 0.0570 e. The molecule has 7 rings (SSSR count). The van der Waals surface area contributed by atoms with Gasteiger partial charge in [0.15, 0.2) is 0 Å². The predicted octanol–water partition coefficient (Wildman–Crippen LogP) is 7.28. The van der Waals surface area contributed by atoms with E-state index in [1.807, 2.05) is 0 Å². The Hall–Kier alpha value is -3.32. The number of aryl methyl sites for hydroxylation is 4. The summed E-state index contributed by atoms with van der Waals surface area (Å²) >= 11 is 0. The van der Waals surface area contributed by atoms with Crippen molar-refractivity contribution >= 4 is 11.4 Å². The topological polar surface area (TPSA) is 3.24 Å². The first-order valence-corrected chi connectivity index (χ1v) is 12.0. The number of hydrogen-bond donors (Lipinski definition) is 0. The van der Waals surface area contributed by atoms with Crippen LogP contribution in [0.1, 0.15) is 39.8 Å². The highest BCUT2D eigenvalue weighted by molar-refractivity contribution is 5.98. The van der Waals surface area contributed by atoms with Gasteiger partial charge in [0.05, 0.1) is 5.69 Å².